The van der Waals surface area contributed by atoms with Gasteiger partial charge in [0.1, 0.15) is 0 Å². The second kappa shape index (κ2) is 5.21. The van der Waals surface area contributed by atoms with E-state index in [1.807, 2.05) is 0 Å². The van der Waals surface area contributed by atoms with E-state index in [9.17, 15) is 0 Å². The van der Waals surface area contributed by atoms with Gasteiger partial charge in [-0.25, -0.2) is 0 Å². The van der Waals surface area contributed by atoms with E-state index >= 15 is 0 Å². The Kier molecular flexibility index (Phi) is 3.89. The van der Waals surface area contributed by atoms with Crippen LogP contribution >= 0.6 is 0 Å². The molecule has 2 heterocycles. The van der Waals surface area contributed by atoms with Gasteiger partial charge in [-0.3, -0.25) is 4.90 Å². The number of hydrogen-bond acceptors (Lipinski definition) is 2. The van der Waals surface area contributed by atoms with Crippen molar-refractivity contribution in [2.45, 2.75) is 69.6 Å². The van der Waals surface area contributed by atoms with Gasteiger partial charge in [0.05, 0.1) is 0 Å². The Bertz CT molecular complexity index is 254. The van der Waals surface area contributed by atoms with Gasteiger partial charge in [-0.05, 0) is 39.7 Å². The summed E-state index contributed by atoms with van der Waals surface area (Å²) in [6.45, 7) is 2.30. The third-order valence-corrected chi connectivity index (χ3v) is 4.36. The molecule has 0 spiro atoms. The zero-order valence-corrected chi connectivity index (χ0v) is 10.6. The molecule has 16 heavy (non-hydrogen) atoms. The first-order chi connectivity index (χ1) is 7.76. The number of piperidine rings is 2. The van der Waals surface area contributed by atoms with Gasteiger partial charge in [-0.2, -0.15) is 0 Å². The van der Waals surface area contributed by atoms with Crippen molar-refractivity contribution in [1.82, 2.24) is 10.2 Å². The lowest BCUT2D eigenvalue weighted by Crippen LogP contribution is -2.58. The average molecular weight is 220 g/mol. The molecule has 2 aliphatic heterocycles. The van der Waals surface area contributed by atoms with Gasteiger partial charge in [-0.1, -0.05) is 6.42 Å². The third-order valence-electron chi connectivity index (χ3n) is 4.36. The van der Waals surface area contributed by atoms with Crippen LogP contribution in [-0.4, -0.2) is 36.1 Å². The number of fused-ring (bicyclic) bond motifs is 2. The molecule has 0 saturated carbocycles. The molecule has 0 aromatic rings. The number of nitrogens with one attached hydrogen (secondary N) is 1. The predicted molar refractivity (Wildman–Crippen MR) is 68.3 cm³/mol. The molecule has 0 aromatic carbocycles. The SMILES string of the molecule is C#CCC(C)N1C2CCCC1CC(NC)C2. The summed E-state index contributed by atoms with van der Waals surface area (Å²) in [6, 6.07) is 2.84. The van der Waals surface area contributed by atoms with Gasteiger partial charge in [0.15, 0.2) is 0 Å². The first-order valence-corrected chi connectivity index (χ1v) is 6.64. The minimum absolute atomic E-state index is 0.568. The van der Waals surface area contributed by atoms with Crippen LogP contribution in [0.3, 0.4) is 0 Å². The Morgan fingerprint density at radius 1 is 1.38 bits per heavy atom. The number of hydrogen-bond donors (Lipinski definition) is 1. The topological polar surface area (TPSA) is 15.3 Å². The van der Waals surface area contributed by atoms with E-state index in [1.165, 1.54) is 32.1 Å². The van der Waals surface area contributed by atoms with Gasteiger partial charge < -0.3 is 5.32 Å². The van der Waals surface area contributed by atoms with Crippen LogP contribution < -0.4 is 5.32 Å². The fourth-order valence-corrected chi connectivity index (χ4v) is 3.65. The normalized spacial score (nSPS) is 36.7. The summed E-state index contributed by atoms with van der Waals surface area (Å²) in [4.78, 5) is 2.72. The zero-order valence-electron chi connectivity index (χ0n) is 10.6. The minimum Gasteiger partial charge on any atom is -0.317 e. The van der Waals surface area contributed by atoms with Crippen LogP contribution in [0.4, 0.5) is 0 Å². The van der Waals surface area contributed by atoms with E-state index in [-0.39, 0.29) is 0 Å². The van der Waals surface area contributed by atoms with E-state index in [2.05, 4.69) is 30.1 Å². The smallest absolute Gasteiger partial charge is 0.0240 e. The fourth-order valence-electron chi connectivity index (χ4n) is 3.65. The van der Waals surface area contributed by atoms with E-state index in [1.54, 1.807) is 0 Å². The van der Waals surface area contributed by atoms with Crippen molar-refractivity contribution < 1.29 is 0 Å². The van der Waals surface area contributed by atoms with Gasteiger partial charge in [0.25, 0.3) is 0 Å². The first-order valence-electron chi connectivity index (χ1n) is 6.64. The molecule has 90 valence electrons. The maximum absolute atomic E-state index is 5.45. The number of rotatable bonds is 3. The average Bonchev–Trinajstić information content (AvgIpc) is 2.27. The van der Waals surface area contributed by atoms with Crippen molar-refractivity contribution in [2.75, 3.05) is 7.05 Å². The molecule has 3 unspecified atom stereocenters. The van der Waals surface area contributed by atoms with Crippen molar-refractivity contribution in [3.8, 4) is 12.3 Å². The number of nitrogens with zero attached hydrogens (tertiary/aromatic N) is 1. The molecule has 2 heteroatoms. The van der Waals surface area contributed by atoms with E-state index in [0.717, 1.165) is 24.5 Å². The highest BCUT2D eigenvalue weighted by Gasteiger charge is 2.39. The first kappa shape index (κ1) is 12.0. The lowest BCUT2D eigenvalue weighted by atomic mass is 9.80. The Morgan fingerprint density at radius 3 is 2.50 bits per heavy atom. The van der Waals surface area contributed by atoms with Crippen molar-refractivity contribution in [3.05, 3.63) is 0 Å². The molecule has 2 rings (SSSR count). The monoisotopic (exact) mass is 220 g/mol. The van der Waals surface area contributed by atoms with Crippen LogP contribution in [0.15, 0.2) is 0 Å². The van der Waals surface area contributed by atoms with Gasteiger partial charge in [-0.15, -0.1) is 12.3 Å². The Balaban J connectivity index is 2.06. The standard InChI is InChI=1S/C14H24N2/c1-4-6-11(2)16-13-7-5-8-14(16)10-12(9-13)15-3/h1,11-15H,5-10H2,2-3H3. The van der Waals surface area contributed by atoms with E-state index < -0.39 is 0 Å². The van der Waals surface area contributed by atoms with Crippen LogP contribution in [0.25, 0.3) is 0 Å². The molecular weight excluding hydrogens is 196 g/mol. The second-order valence-corrected chi connectivity index (χ2v) is 5.40. The van der Waals surface area contributed by atoms with E-state index in [4.69, 9.17) is 6.42 Å². The molecule has 2 bridgehead atoms. The largest absolute Gasteiger partial charge is 0.317 e. The molecule has 0 amide bonds. The molecule has 1 N–H and O–H groups in total. The highest BCUT2D eigenvalue weighted by molar-refractivity contribution is 4.99. The highest BCUT2D eigenvalue weighted by atomic mass is 15.2. The summed E-state index contributed by atoms with van der Waals surface area (Å²) in [5.41, 5.74) is 0. The maximum Gasteiger partial charge on any atom is 0.0240 e. The van der Waals surface area contributed by atoms with Gasteiger partial charge >= 0.3 is 0 Å². The summed E-state index contributed by atoms with van der Waals surface area (Å²) >= 11 is 0. The predicted octanol–water partition coefficient (Wildman–Crippen LogP) is 2.00. The Labute approximate surface area is 99.8 Å². The molecule has 2 aliphatic rings. The quantitative estimate of drug-likeness (QED) is 0.732. The Hall–Kier alpha value is -0.520. The summed E-state index contributed by atoms with van der Waals surface area (Å²) in [7, 11) is 2.10. The maximum atomic E-state index is 5.45. The van der Waals surface area contributed by atoms with Crippen LogP contribution in [0.1, 0.15) is 45.4 Å². The summed E-state index contributed by atoms with van der Waals surface area (Å²) in [6.07, 6.45) is 13.1. The third kappa shape index (κ3) is 2.26. The molecule has 0 radical (unpaired) electrons. The molecule has 0 aromatic heterocycles. The molecular formula is C14H24N2. The lowest BCUT2D eigenvalue weighted by molar-refractivity contribution is -0.00265. The van der Waals surface area contributed by atoms with Crippen molar-refractivity contribution in [2.24, 2.45) is 0 Å². The highest BCUT2D eigenvalue weighted by Crippen LogP contribution is 2.35. The molecule has 2 nitrogen and oxygen atoms in total. The molecule has 2 saturated heterocycles. The van der Waals surface area contributed by atoms with Crippen LogP contribution in [0.5, 0.6) is 0 Å². The number of terminal acetylenes is 1. The van der Waals surface area contributed by atoms with Crippen LogP contribution in [0, 0.1) is 12.3 Å². The Morgan fingerprint density at radius 2 is 2.00 bits per heavy atom. The summed E-state index contributed by atoms with van der Waals surface area (Å²) < 4.78 is 0. The fraction of sp³-hybridized carbons (Fsp3) is 0.857. The van der Waals surface area contributed by atoms with Crippen LogP contribution in [0.2, 0.25) is 0 Å². The lowest BCUT2D eigenvalue weighted by Gasteiger charge is -2.51. The van der Waals surface area contributed by atoms with Crippen molar-refractivity contribution in [3.63, 3.8) is 0 Å². The van der Waals surface area contributed by atoms with Gasteiger partial charge in [0.2, 0.25) is 0 Å². The van der Waals surface area contributed by atoms with Crippen molar-refractivity contribution >= 4 is 0 Å². The van der Waals surface area contributed by atoms with E-state index in [0.29, 0.717) is 6.04 Å². The zero-order chi connectivity index (χ0) is 11.5. The summed E-state index contributed by atoms with van der Waals surface area (Å²) in [5, 5.41) is 3.46. The van der Waals surface area contributed by atoms with Gasteiger partial charge in [0, 0.05) is 30.6 Å². The van der Waals surface area contributed by atoms with Crippen LogP contribution in [-0.2, 0) is 0 Å². The minimum atomic E-state index is 0.568. The summed E-state index contributed by atoms with van der Waals surface area (Å²) in [5.74, 6) is 2.82. The molecule has 3 atom stereocenters. The van der Waals surface area contributed by atoms with Crippen molar-refractivity contribution in [1.29, 1.82) is 0 Å². The second-order valence-electron chi connectivity index (χ2n) is 5.40. The molecule has 0 aliphatic carbocycles. The molecule has 2 fully saturated rings.